The molecule has 0 aliphatic carbocycles. The molecule has 1 aromatic rings. The Labute approximate surface area is 150 Å². The van der Waals surface area contributed by atoms with Crippen molar-refractivity contribution >= 4 is 11.8 Å². The molecule has 1 N–H and O–H groups in total. The Hall–Kier alpha value is -2.32. The molecule has 8 heteroatoms. The summed E-state index contributed by atoms with van der Waals surface area (Å²) in [5.74, 6) is -1.17. The second-order valence-electron chi connectivity index (χ2n) is 7.64. The molecule has 5 rings (SSSR count). The molecule has 0 unspecified atom stereocenters. The lowest BCUT2D eigenvalue weighted by atomic mass is 9.76. The van der Waals surface area contributed by atoms with E-state index in [4.69, 9.17) is 4.74 Å². The summed E-state index contributed by atoms with van der Waals surface area (Å²) in [4.78, 5) is 37.8. The number of nitrogens with zero attached hydrogens (tertiary/aromatic N) is 4. The first-order chi connectivity index (χ1) is 12.5. The summed E-state index contributed by atoms with van der Waals surface area (Å²) in [6.07, 6.45) is 6.38. The number of hydrogen-bond donors (Lipinski definition) is 1. The number of ether oxygens (including phenoxy) is 1. The largest absolute Gasteiger partial charge is 0.389 e. The van der Waals surface area contributed by atoms with Gasteiger partial charge in [-0.15, -0.1) is 0 Å². The van der Waals surface area contributed by atoms with E-state index in [1.54, 1.807) is 22.2 Å². The molecule has 3 fully saturated rings. The Morgan fingerprint density at radius 1 is 1.38 bits per heavy atom. The third-order valence-corrected chi connectivity index (χ3v) is 5.83. The highest BCUT2D eigenvalue weighted by molar-refractivity contribution is 5.93. The van der Waals surface area contributed by atoms with E-state index in [1.165, 1.54) is 0 Å². The number of carbonyl (C=O) groups excluding carboxylic acids is 2. The number of aliphatic hydroxyl groups is 1. The van der Waals surface area contributed by atoms with Crippen LogP contribution >= 0.6 is 0 Å². The summed E-state index contributed by atoms with van der Waals surface area (Å²) in [5.41, 5.74) is 0.820. The molecule has 2 bridgehead atoms. The van der Waals surface area contributed by atoms with Crippen LogP contribution in [-0.4, -0.2) is 74.1 Å². The normalized spacial score (nSPS) is 35.2. The molecule has 1 aromatic heterocycles. The van der Waals surface area contributed by atoms with Crippen LogP contribution in [0.15, 0.2) is 24.5 Å². The number of β-amino-alcohol motifs (C(OH)–C–C–N with tert-alkyl or cyclic N) is 1. The lowest BCUT2D eigenvalue weighted by Crippen LogP contribution is -2.57. The summed E-state index contributed by atoms with van der Waals surface area (Å²) in [7, 11) is 0. The Bertz CT molecular complexity index is 804. The molecule has 0 aromatic carbocycles. The molecule has 4 aliphatic rings. The van der Waals surface area contributed by atoms with Gasteiger partial charge in [0.15, 0.2) is 0 Å². The highest BCUT2D eigenvalue weighted by atomic mass is 16.5. The summed E-state index contributed by atoms with van der Waals surface area (Å²) in [5, 5.41) is 9.48. The van der Waals surface area contributed by atoms with Crippen molar-refractivity contribution in [3.05, 3.63) is 35.9 Å². The number of hydrogen-bond acceptors (Lipinski definition) is 6. The fourth-order valence-corrected chi connectivity index (χ4v) is 4.54. The minimum Gasteiger partial charge on any atom is -0.389 e. The van der Waals surface area contributed by atoms with Crippen molar-refractivity contribution in [2.24, 2.45) is 11.8 Å². The van der Waals surface area contributed by atoms with Crippen LogP contribution in [0.4, 0.5) is 0 Å². The van der Waals surface area contributed by atoms with Gasteiger partial charge in [-0.1, -0.05) is 12.2 Å². The molecule has 2 amide bonds. The highest BCUT2D eigenvalue weighted by Crippen LogP contribution is 2.52. The lowest BCUT2D eigenvalue weighted by Gasteiger charge is -2.39. The molecule has 0 radical (unpaired) electrons. The van der Waals surface area contributed by atoms with Gasteiger partial charge in [-0.3, -0.25) is 19.6 Å². The molecule has 4 aliphatic heterocycles. The second-order valence-corrected chi connectivity index (χ2v) is 7.64. The molecular weight excluding hydrogens is 336 g/mol. The van der Waals surface area contributed by atoms with Crippen LogP contribution in [0.5, 0.6) is 0 Å². The van der Waals surface area contributed by atoms with Gasteiger partial charge >= 0.3 is 0 Å². The monoisotopic (exact) mass is 356 g/mol. The maximum absolute atomic E-state index is 13.1. The number of fused-ring (bicyclic) bond motifs is 1. The first-order valence-electron chi connectivity index (χ1n) is 8.87. The van der Waals surface area contributed by atoms with Crippen molar-refractivity contribution in [2.45, 2.75) is 31.3 Å². The SMILES string of the molecule is Cc1cnc(CN2C[C@]34C=C[C@H](O3)[C@H](C(=O)N3CC(O)C3)[C@H]4C2=O)cn1. The fraction of sp³-hybridized carbons (Fsp3) is 0.556. The topological polar surface area (TPSA) is 95.9 Å². The van der Waals surface area contributed by atoms with Gasteiger partial charge in [-0.05, 0) is 6.92 Å². The number of aryl methyl sites for hydroxylation is 1. The molecule has 4 atom stereocenters. The highest BCUT2D eigenvalue weighted by Gasteiger charge is 2.67. The number of rotatable bonds is 3. The minimum atomic E-state index is -0.719. The molecule has 136 valence electrons. The third kappa shape index (κ3) is 2.15. The van der Waals surface area contributed by atoms with Crippen LogP contribution in [0, 0.1) is 18.8 Å². The standard InChI is InChI=1S/C18H20N4O4/c1-10-4-20-11(5-19-10)6-22-9-18-3-2-13(26-18)14(15(18)17(22)25)16(24)21-7-12(23)8-21/h2-5,12-15,23H,6-9H2,1H3/t13-,14-,15-,18-/m0/s1. The van der Waals surface area contributed by atoms with E-state index in [0.717, 1.165) is 5.69 Å². The van der Waals surface area contributed by atoms with Gasteiger partial charge in [-0.25, -0.2) is 0 Å². The zero-order valence-electron chi connectivity index (χ0n) is 14.4. The van der Waals surface area contributed by atoms with Gasteiger partial charge in [0.1, 0.15) is 5.60 Å². The molecular formula is C18H20N4O4. The van der Waals surface area contributed by atoms with Crippen molar-refractivity contribution in [2.75, 3.05) is 19.6 Å². The number of likely N-dealkylation sites (tertiary alicyclic amines) is 2. The smallest absolute Gasteiger partial charge is 0.230 e. The van der Waals surface area contributed by atoms with Crippen molar-refractivity contribution in [3.63, 3.8) is 0 Å². The Morgan fingerprint density at radius 2 is 2.19 bits per heavy atom. The van der Waals surface area contributed by atoms with Gasteiger partial charge in [0.25, 0.3) is 0 Å². The van der Waals surface area contributed by atoms with E-state index in [-0.39, 0.29) is 17.9 Å². The Balaban J connectivity index is 1.38. The van der Waals surface area contributed by atoms with E-state index in [0.29, 0.717) is 31.9 Å². The predicted octanol–water partition coefficient (Wildman–Crippen LogP) is -0.730. The fourth-order valence-electron chi connectivity index (χ4n) is 4.54. The third-order valence-electron chi connectivity index (χ3n) is 5.83. The van der Waals surface area contributed by atoms with Crippen LogP contribution < -0.4 is 0 Å². The van der Waals surface area contributed by atoms with Crippen LogP contribution in [0.25, 0.3) is 0 Å². The average molecular weight is 356 g/mol. The lowest BCUT2D eigenvalue weighted by molar-refractivity contribution is -0.151. The van der Waals surface area contributed by atoms with Gasteiger partial charge in [-0.2, -0.15) is 0 Å². The molecule has 8 nitrogen and oxygen atoms in total. The average Bonchev–Trinajstić information content (AvgIpc) is 3.22. The molecule has 1 spiro atoms. The quantitative estimate of drug-likeness (QED) is 0.718. The van der Waals surface area contributed by atoms with E-state index < -0.39 is 23.5 Å². The van der Waals surface area contributed by atoms with E-state index in [1.807, 2.05) is 19.1 Å². The van der Waals surface area contributed by atoms with Gasteiger partial charge in [0.05, 0.1) is 54.7 Å². The number of aliphatic hydroxyl groups excluding tert-OH is 1. The van der Waals surface area contributed by atoms with Crippen LogP contribution in [0.2, 0.25) is 0 Å². The van der Waals surface area contributed by atoms with Crippen molar-refractivity contribution < 1.29 is 19.4 Å². The first-order valence-corrected chi connectivity index (χ1v) is 8.87. The number of amides is 2. The van der Waals surface area contributed by atoms with E-state index in [2.05, 4.69) is 9.97 Å². The van der Waals surface area contributed by atoms with E-state index >= 15 is 0 Å². The van der Waals surface area contributed by atoms with Crippen molar-refractivity contribution in [1.29, 1.82) is 0 Å². The summed E-state index contributed by atoms with van der Waals surface area (Å²) < 4.78 is 6.10. The zero-order valence-corrected chi connectivity index (χ0v) is 14.4. The van der Waals surface area contributed by atoms with Crippen molar-refractivity contribution in [3.8, 4) is 0 Å². The Kier molecular flexibility index (Phi) is 3.27. The maximum atomic E-state index is 13.1. The summed E-state index contributed by atoms with van der Waals surface area (Å²) in [6, 6.07) is 0. The number of carbonyl (C=O) groups is 2. The second kappa shape index (κ2) is 5.34. The zero-order chi connectivity index (χ0) is 18.1. The Morgan fingerprint density at radius 3 is 2.88 bits per heavy atom. The summed E-state index contributed by atoms with van der Waals surface area (Å²) in [6.45, 7) is 3.31. The first kappa shape index (κ1) is 15.9. The van der Waals surface area contributed by atoms with Crippen LogP contribution in [-0.2, 0) is 20.9 Å². The van der Waals surface area contributed by atoms with Gasteiger partial charge in [0, 0.05) is 19.3 Å². The number of aromatic nitrogens is 2. The van der Waals surface area contributed by atoms with Crippen molar-refractivity contribution in [1.82, 2.24) is 19.8 Å². The van der Waals surface area contributed by atoms with Gasteiger partial charge < -0.3 is 19.6 Å². The molecule has 0 saturated carbocycles. The maximum Gasteiger partial charge on any atom is 0.230 e. The van der Waals surface area contributed by atoms with Crippen LogP contribution in [0.3, 0.4) is 0 Å². The predicted molar refractivity (Wildman–Crippen MR) is 88.5 cm³/mol. The van der Waals surface area contributed by atoms with Gasteiger partial charge in [0.2, 0.25) is 11.8 Å². The molecule has 26 heavy (non-hydrogen) atoms. The van der Waals surface area contributed by atoms with Crippen LogP contribution in [0.1, 0.15) is 11.4 Å². The van der Waals surface area contributed by atoms with E-state index in [9.17, 15) is 14.7 Å². The summed E-state index contributed by atoms with van der Waals surface area (Å²) >= 11 is 0. The molecule has 3 saturated heterocycles. The minimum absolute atomic E-state index is 0.0707. The molecule has 5 heterocycles.